The first-order valence-corrected chi connectivity index (χ1v) is 13.4. The van der Waals surface area contributed by atoms with Crippen molar-refractivity contribution in [2.45, 2.75) is 51.1 Å². The van der Waals surface area contributed by atoms with Gasteiger partial charge in [-0.05, 0) is 56.8 Å². The van der Waals surface area contributed by atoms with Gasteiger partial charge in [0, 0.05) is 30.7 Å². The smallest absolute Gasteiger partial charge is 0.234 e. The highest BCUT2D eigenvalue weighted by molar-refractivity contribution is 7.89. The van der Waals surface area contributed by atoms with Crippen LogP contribution in [0.4, 0.5) is 0 Å². The van der Waals surface area contributed by atoms with Gasteiger partial charge in [-0.2, -0.15) is 0 Å². The van der Waals surface area contributed by atoms with Crippen LogP contribution in [-0.4, -0.2) is 75.2 Å². The van der Waals surface area contributed by atoms with E-state index in [2.05, 4.69) is 19.8 Å². The van der Waals surface area contributed by atoms with Gasteiger partial charge in [0.1, 0.15) is 0 Å². The molecule has 3 rings (SSSR count). The molecule has 2 heterocycles. The summed E-state index contributed by atoms with van der Waals surface area (Å²) in [6.45, 7) is 6.21. The van der Waals surface area contributed by atoms with Crippen LogP contribution in [0.5, 0.6) is 0 Å². The van der Waals surface area contributed by atoms with Crippen LogP contribution in [0.15, 0.2) is 24.3 Å². The van der Waals surface area contributed by atoms with Gasteiger partial charge in [-0.25, -0.2) is 13.1 Å². The molecule has 1 amide bonds. The number of rotatable bonds is 10. The van der Waals surface area contributed by atoms with Crippen LogP contribution < -0.4 is 10.0 Å². The molecule has 0 aliphatic carbocycles. The van der Waals surface area contributed by atoms with E-state index in [1.165, 1.54) is 12.8 Å². The van der Waals surface area contributed by atoms with Crippen molar-refractivity contribution in [3.8, 4) is 0 Å². The van der Waals surface area contributed by atoms with E-state index in [1.54, 1.807) is 0 Å². The SMILES string of the molecule is CCCS(=O)(=O)NC1CCN(CC(=O)NCC(c2ccccc2Cl)N2CCCC2)CC1. The topological polar surface area (TPSA) is 81.8 Å². The Balaban J connectivity index is 1.47. The summed E-state index contributed by atoms with van der Waals surface area (Å²) < 4.78 is 26.7. The average molecular weight is 471 g/mol. The van der Waals surface area contributed by atoms with E-state index in [4.69, 9.17) is 11.6 Å². The van der Waals surface area contributed by atoms with E-state index in [1.807, 2.05) is 31.2 Å². The third-order valence-corrected chi connectivity index (χ3v) is 8.09. The lowest BCUT2D eigenvalue weighted by atomic mass is 10.1. The molecule has 0 radical (unpaired) electrons. The molecule has 2 N–H and O–H groups in total. The monoisotopic (exact) mass is 470 g/mol. The lowest BCUT2D eigenvalue weighted by Crippen LogP contribution is -2.48. The van der Waals surface area contributed by atoms with Crippen LogP contribution in [-0.2, 0) is 14.8 Å². The fraction of sp³-hybridized carbons (Fsp3) is 0.682. The van der Waals surface area contributed by atoms with E-state index in [0.29, 0.717) is 32.6 Å². The van der Waals surface area contributed by atoms with Gasteiger partial charge >= 0.3 is 0 Å². The second-order valence-electron chi connectivity index (χ2n) is 8.57. The quantitative estimate of drug-likeness (QED) is 0.548. The highest BCUT2D eigenvalue weighted by Crippen LogP contribution is 2.29. The first-order chi connectivity index (χ1) is 14.9. The van der Waals surface area contributed by atoms with Gasteiger partial charge in [-0.15, -0.1) is 0 Å². The maximum absolute atomic E-state index is 12.6. The number of nitrogens with zero attached hydrogens (tertiary/aromatic N) is 2. The Labute approximate surface area is 191 Å². The minimum absolute atomic E-state index is 0.00117. The van der Waals surface area contributed by atoms with Crippen molar-refractivity contribution in [1.82, 2.24) is 19.8 Å². The van der Waals surface area contributed by atoms with Crippen LogP contribution in [0.3, 0.4) is 0 Å². The second kappa shape index (κ2) is 11.6. The molecule has 0 saturated carbocycles. The molecule has 9 heteroatoms. The second-order valence-corrected chi connectivity index (χ2v) is 10.9. The molecule has 1 atom stereocenters. The van der Waals surface area contributed by atoms with Crippen LogP contribution in [0, 0.1) is 0 Å². The lowest BCUT2D eigenvalue weighted by molar-refractivity contribution is -0.122. The van der Waals surface area contributed by atoms with Crippen molar-refractivity contribution in [2.24, 2.45) is 0 Å². The Morgan fingerprint density at radius 3 is 2.48 bits per heavy atom. The van der Waals surface area contributed by atoms with E-state index in [9.17, 15) is 13.2 Å². The number of amides is 1. The Hall–Kier alpha value is -1.19. The number of benzene rings is 1. The molecule has 0 aromatic heterocycles. The van der Waals surface area contributed by atoms with E-state index >= 15 is 0 Å². The molecule has 2 aliphatic heterocycles. The molecule has 7 nitrogen and oxygen atoms in total. The number of halogens is 1. The maximum atomic E-state index is 12.6. The summed E-state index contributed by atoms with van der Waals surface area (Å²) in [5, 5.41) is 3.84. The van der Waals surface area contributed by atoms with Crippen LogP contribution in [0.2, 0.25) is 5.02 Å². The molecule has 0 spiro atoms. The summed E-state index contributed by atoms with van der Waals surface area (Å²) in [7, 11) is -3.19. The zero-order chi connectivity index (χ0) is 22.3. The van der Waals surface area contributed by atoms with Crippen molar-refractivity contribution < 1.29 is 13.2 Å². The van der Waals surface area contributed by atoms with Gasteiger partial charge in [0.2, 0.25) is 15.9 Å². The predicted molar refractivity (Wildman–Crippen MR) is 125 cm³/mol. The zero-order valence-electron chi connectivity index (χ0n) is 18.4. The van der Waals surface area contributed by atoms with Crippen LogP contribution >= 0.6 is 11.6 Å². The first-order valence-electron chi connectivity index (χ1n) is 11.4. The molecule has 2 fully saturated rings. The maximum Gasteiger partial charge on any atom is 0.234 e. The standard InChI is InChI=1S/C22H35ClN4O3S/c1-2-15-31(29,30)25-18-9-13-26(14-10-18)17-22(28)24-16-21(27-11-5-6-12-27)19-7-3-4-8-20(19)23/h3-4,7-8,18,21,25H,2,5-6,9-17H2,1H3,(H,24,28). The van der Waals surface area contributed by atoms with Crippen molar-refractivity contribution >= 4 is 27.5 Å². The number of nitrogens with one attached hydrogen (secondary N) is 2. The number of carbonyl (C=O) groups is 1. The summed E-state index contributed by atoms with van der Waals surface area (Å²) in [6, 6.07) is 7.92. The largest absolute Gasteiger partial charge is 0.353 e. The first kappa shape index (κ1) is 24.5. The summed E-state index contributed by atoms with van der Waals surface area (Å²) >= 11 is 6.45. The molecule has 174 valence electrons. The third-order valence-electron chi connectivity index (χ3n) is 6.11. The molecule has 31 heavy (non-hydrogen) atoms. The molecule has 2 saturated heterocycles. The number of hydrogen-bond acceptors (Lipinski definition) is 5. The normalized spacial score (nSPS) is 20.1. The van der Waals surface area contributed by atoms with Crippen LogP contribution in [0.25, 0.3) is 0 Å². The highest BCUT2D eigenvalue weighted by Gasteiger charge is 2.27. The van der Waals surface area contributed by atoms with Gasteiger partial charge < -0.3 is 5.32 Å². The van der Waals surface area contributed by atoms with E-state index in [-0.39, 0.29) is 23.7 Å². The van der Waals surface area contributed by atoms with Crippen LogP contribution in [0.1, 0.15) is 50.6 Å². The summed E-state index contributed by atoms with van der Waals surface area (Å²) in [6.07, 6.45) is 4.41. The Bertz CT molecular complexity index is 822. The minimum Gasteiger partial charge on any atom is -0.353 e. The molecule has 1 aromatic carbocycles. The minimum atomic E-state index is -3.19. The Morgan fingerprint density at radius 1 is 1.16 bits per heavy atom. The summed E-state index contributed by atoms with van der Waals surface area (Å²) in [5.41, 5.74) is 1.06. The van der Waals surface area contributed by atoms with Gasteiger partial charge in [0.15, 0.2) is 0 Å². The molecule has 2 aliphatic rings. The van der Waals surface area contributed by atoms with Crippen molar-refractivity contribution in [3.05, 3.63) is 34.9 Å². The average Bonchev–Trinajstić information content (AvgIpc) is 3.25. The van der Waals surface area contributed by atoms with E-state index in [0.717, 1.165) is 36.5 Å². The number of hydrogen-bond donors (Lipinski definition) is 2. The van der Waals surface area contributed by atoms with Gasteiger partial charge in [0.05, 0.1) is 18.3 Å². The van der Waals surface area contributed by atoms with Crippen molar-refractivity contribution in [2.75, 3.05) is 45.0 Å². The highest BCUT2D eigenvalue weighted by atomic mass is 35.5. The number of piperidine rings is 1. The third kappa shape index (κ3) is 7.43. The Morgan fingerprint density at radius 2 is 1.84 bits per heavy atom. The molecule has 0 bridgehead atoms. The molecular weight excluding hydrogens is 436 g/mol. The molecule has 1 unspecified atom stereocenters. The fourth-order valence-corrected chi connectivity index (χ4v) is 6.15. The number of likely N-dealkylation sites (tertiary alicyclic amines) is 2. The van der Waals surface area contributed by atoms with E-state index < -0.39 is 10.0 Å². The molecular formula is C22H35ClN4O3S. The van der Waals surface area contributed by atoms with Crippen molar-refractivity contribution in [1.29, 1.82) is 0 Å². The molecule has 1 aromatic rings. The summed E-state index contributed by atoms with van der Waals surface area (Å²) in [5.74, 6) is 0.167. The lowest BCUT2D eigenvalue weighted by Gasteiger charge is -2.32. The van der Waals surface area contributed by atoms with Gasteiger partial charge in [-0.3, -0.25) is 14.6 Å². The predicted octanol–water partition coefficient (Wildman–Crippen LogP) is 2.39. The van der Waals surface area contributed by atoms with Crippen molar-refractivity contribution in [3.63, 3.8) is 0 Å². The number of sulfonamides is 1. The number of carbonyl (C=O) groups excluding carboxylic acids is 1. The fourth-order valence-electron chi connectivity index (χ4n) is 4.49. The zero-order valence-corrected chi connectivity index (χ0v) is 19.9. The van der Waals surface area contributed by atoms with Gasteiger partial charge in [-0.1, -0.05) is 36.7 Å². The summed E-state index contributed by atoms with van der Waals surface area (Å²) in [4.78, 5) is 17.1. The van der Waals surface area contributed by atoms with Gasteiger partial charge in [0.25, 0.3) is 0 Å². The Kier molecular flexibility index (Phi) is 9.16.